The van der Waals surface area contributed by atoms with Gasteiger partial charge in [-0.15, -0.1) is 0 Å². The number of rotatable bonds is 9. The highest BCUT2D eigenvalue weighted by Crippen LogP contribution is 2.42. The Kier molecular flexibility index (Phi) is 8.58. The van der Waals surface area contributed by atoms with Crippen LogP contribution in [0.5, 0.6) is 17.2 Å². The molecule has 39 heavy (non-hydrogen) atoms. The van der Waals surface area contributed by atoms with Gasteiger partial charge in [-0.25, -0.2) is 4.98 Å². The van der Waals surface area contributed by atoms with E-state index in [2.05, 4.69) is 10.2 Å². The number of carbonyl (C=O) groups excluding carboxylic acids is 1. The monoisotopic (exact) mass is 549 g/mol. The average Bonchev–Trinajstić information content (AvgIpc) is 3.39. The van der Waals surface area contributed by atoms with Crippen LogP contribution in [0.4, 0.5) is 0 Å². The number of hydrogen-bond acceptors (Lipinski definition) is 6. The van der Waals surface area contributed by atoms with Gasteiger partial charge in [-0.3, -0.25) is 4.79 Å². The van der Waals surface area contributed by atoms with Gasteiger partial charge >= 0.3 is 0 Å². The summed E-state index contributed by atoms with van der Waals surface area (Å²) in [5.74, 6) is 1.88. The molecule has 206 valence electrons. The lowest BCUT2D eigenvalue weighted by molar-refractivity contribution is 0.0922. The Bertz CT molecular complexity index is 1340. The van der Waals surface area contributed by atoms with Crippen molar-refractivity contribution in [3.8, 4) is 39.6 Å². The molecule has 3 aromatic rings. The Balaban J connectivity index is 1.52. The van der Waals surface area contributed by atoms with E-state index in [0.29, 0.717) is 34.5 Å². The van der Waals surface area contributed by atoms with Gasteiger partial charge in [0.15, 0.2) is 11.5 Å². The molecular weight excluding hydrogens is 514 g/mol. The Morgan fingerprint density at radius 2 is 1.82 bits per heavy atom. The molecule has 0 saturated heterocycles. The summed E-state index contributed by atoms with van der Waals surface area (Å²) in [4.78, 5) is 20.3. The van der Waals surface area contributed by atoms with Gasteiger partial charge in [-0.05, 0) is 87.8 Å². The number of pyridine rings is 1. The van der Waals surface area contributed by atoms with Crippen LogP contribution in [0.15, 0.2) is 42.5 Å². The van der Waals surface area contributed by atoms with Crippen LogP contribution in [0.1, 0.15) is 54.6 Å². The van der Waals surface area contributed by atoms with Crippen molar-refractivity contribution < 1.29 is 19.0 Å². The van der Waals surface area contributed by atoms with Crippen molar-refractivity contribution in [3.63, 3.8) is 0 Å². The molecule has 1 fully saturated rings. The number of amides is 1. The number of carbonyl (C=O) groups is 1. The van der Waals surface area contributed by atoms with Crippen LogP contribution in [-0.4, -0.2) is 55.9 Å². The summed E-state index contributed by atoms with van der Waals surface area (Å²) in [6.45, 7) is 3.71. The van der Waals surface area contributed by atoms with E-state index >= 15 is 0 Å². The predicted octanol–water partition coefficient (Wildman–Crippen LogP) is 6.50. The molecule has 0 spiro atoms. The Morgan fingerprint density at radius 3 is 2.59 bits per heavy atom. The number of halogens is 1. The van der Waals surface area contributed by atoms with Crippen LogP contribution in [-0.2, 0) is 0 Å². The van der Waals surface area contributed by atoms with Crippen LogP contribution in [0, 0.1) is 6.92 Å². The highest BCUT2D eigenvalue weighted by molar-refractivity contribution is 6.32. The Morgan fingerprint density at radius 1 is 1.05 bits per heavy atom. The smallest absolute Gasteiger partial charge is 0.270 e. The summed E-state index contributed by atoms with van der Waals surface area (Å²) in [6.07, 6.45) is 6.43. The normalized spacial score (nSPS) is 15.0. The van der Waals surface area contributed by atoms with E-state index in [9.17, 15) is 4.79 Å². The second kappa shape index (κ2) is 12.3. The average molecular weight is 550 g/mol. The van der Waals surface area contributed by atoms with Gasteiger partial charge in [0.25, 0.3) is 5.91 Å². The molecule has 2 heterocycles. The molecule has 0 unspecified atom stereocenters. The molecule has 1 N–H and O–H groups in total. The number of ether oxygens (including phenoxy) is 3. The zero-order valence-electron chi connectivity index (χ0n) is 22.9. The third kappa shape index (κ3) is 6.48. The number of aromatic nitrogens is 1. The second-order valence-corrected chi connectivity index (χ2v) is 11.0. The predicted molar refractivity (Wildman–Crippen MR) is 154 cm³/mol. The Labute approximate surface area is 235 Å². The van der Waals surface area contributed by atoms with Crippen molar-refractivity contribution in [1.29, 1.82) is 0 Å². The van der Waals surface area contributed by atoms with Crippen LogP contribution in [0.2, 0.25) is 5.02 Å². The quantitative estimate of drug-likeness (QED) is 0.307. The third-order valence-electron chi connectivity index (χ3n) is 7.29. The summed E-state index contributed by atoms with van der Waals surface area (Å²) in [7, 11) is 4.08. The maximum absolute atomic E-state index is 13.3. The van der Waals surface area contributed by atoms with E-state index in [0.717, 1.165) is 66.7 Å². The fourth-order valence-electron chi connectivity index (χ4n) is 5.19. The zero-order valence-corrected chi connectivity index (χ0v) is 23.6. The van der Waals surface area contributed by atoms with E-state index < -0.39 is 0 Å². The summed E-state index contributed by atoms with van der Waals surface area (Å²) in [5.41, 5.74) is 4.77. The summed E-state index contributed by atoms with van der Waals surface area (Å²) >= 11 is 6.51. The van der Waals surface area contributed by atoms with Crippen molar-refractivity contribution in [2.45, 2.75) is 51.5 Å². The van der Waals surface area contributed by atoms with Gasteiger partial charge in [0, 0.05) is 23.7 Å². The molecule has 0 bridgehead atoms. The molecule has 1 amide bonds. The number of hydrogen-bond donors (Lipinski definition) is 1. The number of nitrogens with one attached hydrogen (secondary N) is 1. The maximum atomic E-state index is 13.3. The van der Waals surface area contributed by atoms with Crippen LogP contribution < -0.4 is 19.5 Å². The van der Waals surface area contributed by atoms with E-state index in [1.165, 1.54) is 6.42 Å². The first-order valence-corrected chi connectivity index (χ1v) is 14.1. The molecule has 2 aliphatic rings. The van der Waals surface area contributed by atoms with Crippen molar-refractivity contribution in [2.75, 3.05) is 34.0 Å². The first kappa shape index (κ1) is 27.3. The summed E-state index contributed by atoms with van der Waals surface area (Å²) in [5, 5.41) is 3.73. The summed E-state index contributed by atoms with van der Waals surface area (Å²) in [6, 6.07) is 13.6. The van der Waals surface area contributed by atoms with Crippen molar-refractivity contribution in [2.24, 2.45) is 0 Å². The lowest BCUT2D eigenvalue weighted by Crippen LogP contribution is -2.36. The van der Waals surface area contributed by atoms with Gasteiger partial charge in [-0.2, -0.15) is 0 Å². The lowest BCUT2D eigenvalue weighted by Gasteiger charge is -2.23. The minimum Gasteiger partial charge on any atom is -0.492 e. The standard InChI is InChI=1S/C31H36ClN3O4/c1-20-16-28-29(39-19-38-28)18-24(20)23-11-13-26(31(36)33-22-8-5-4-6-9-22)34-30(23)21-10-12-25(32)27(17-21)37-15-7-14-35(2)3/h10-13,16-18,22H,4-9,14-15,19H2,1-3H3,(H,33,36). The molecule has 8 heteroatoms. The maximum Gasteiger partial charge on any atom is 0.270 e. The Hall–Kier alpha value is -3.29. The fraction of sp³-hybridized carbons (Fsp3) is 0.419. The molecule has 7 nitrogen and oxygen atoms in total. The number of nitrogens with zero attached hydrogens (tertiary/aromatic N) is 2. The lowest BCUT2D eigenvalue weighted by atomic mass is 9.94. The summed E-state index contributed by atoms with van der Waals surface area (Å²) < 4.78 is 17.3. The van der Waals surface area contributed by atoms with Crippen LogP contribution >= 0.6 is 11.6 Å². The van der Waals surface area contributed by atoms with Crippen LogP contribution in [0.3, 0.4) is 0 Å². The molecule has 1 saturated carbocycles. The number of benzene rings is 2. The molecule has 0 radical (unpaired) electrons. The molecule has 5 rings (SSSR count). The second-order valence-electron chi connectivity index (χ2n) is 10.6. The SMILES string of the molecule is Cc1cc2c(cc1-c1ccc(C(=O)NC3CCCCC3)nc1-c1ccc(Cl)c(OCCCN(C)C)c1)OCO2. The van der Waals surface area contributed by atoms with Crippen LogP contribution in [0.25, 0.3) is 22.4 Å². The van der Waals surface area contributed by atoms with E-state index in [1.807, 2.05) is 57.4 Å². The molecule has 1 aliphatic carbocycles. The topological polar surface area (TPSA) is 72.9 Å². The van der Waals surface area contributed by atoms with Crippen molar-refractivity contribution >= 4 is 17.5 Å². The first-order valence-electron chi connectivity index (χ1n) is 13.7. The largest absolute Gasteiger partial charge is 0.492 e. The highest BCUT2D eigenvalue weighted by atomic mass is 35.5. The number of aryl methyl sites for hydroxylation is 1. The van der Waals surface area contributed by atoms with Gasteiger partial charge in [0.1, 0.15) is 11.4 Å². The molecule has 1 aliphatic heterocycles. The highest BCUT2D eigenvalue weighted by Gasteiger charge is 2.22. The molecular formula is C31H36ClN3O4. The van der Waals surface area contributed by atoms with Gasteiger partial charge < -0.3 is 24.4 Å². The van der Waals surface area contributed by atoms with Gasteiger partial charge in [0.05, 0.1) is 17.3 Å². The van der Waals surface area contributed by atoms with Gasteiger partial charge in [0.2, 0.25) is 6.79 Å². The number of fused-ring (bicyclic) bond motifs is 1. The van der Waals surface area contributed by atoms with E-state index in [4.69, 9.17) is 30.8 Å². The third-order valence-corrected chi connectivity index (χ3v) is 7.60. The van der Waals surface area contributed by atoms with Crippen molar-refractivity contribution in [3.05, 3.63) is 58.7 Å². The van der Waals surface area contributed by atoms with E-state index in [1.54, 1.807) is 6.07 Å². The van der Waals surface area contributed by atoms with E-state index in [-0.39, 0.29) is 18.7 Å². The minimum absolute atomic E-state index is 0.147. The first-order chi connectivity index (χ1) is 18.9. The van der Waals surface area contributed by atoms with Gasteiger partial charge in [-0.1, -0.05) is 36.9 Å². The fourth-order valence-corrected chi connectivity index (χ4v) is 5.36. The molecule has 2 aromatic carbocycles. The zero-order chi connectivity index (χ0) is 27.4. The molecule has 0 atom stereocenters. The molecule has 1 aromatic heterocycles. The minimum atomic E-state index is -0.147. The van der Waals surface area contributed by atoms with Crippen molar-refractivity contribution in [1.82, 2.24) is 15.2 Å².